The maximum absolute atomic E-state index is 13.9. The van der Waals surface area contributed by atoms with Crippen molar-refractivity contribution in [3.05, 3.63) is 23.3 Å². The van der Waals surface area contributed by atoms with Crippen LogP contribution in [0.15, 0.2) is 12.1 Å². The topological polar surface area (TPSA) is 55.8 Å². The van der Waals surface area contributed by atoms with E-state index in [0.29, 0.717) is 0 Å². The van der Waals surface area contributed by atoms with E-state index < -0.39 is 11.6 Å². The van der Waals surface area contributed by atoms with Crippen molar-refractivity contribution in [1.82, 2.24) is 0 Å². The van der Waals surface area contributed by atoms with Crippen LogP contribution in [0.3, 0.4) is 0 Å². The molecule has 0 atom stereocenters. The SMILES string of the molecule is COc1cc(OC)c(C(C)(C)F)cc1C(=O)O. The molecule has 4 nitrogen and oxygen atoms in total. The third-order valence-electron chi connectivity index (χ3n) is 2.39. The molecule has 0 amide bonds. The molecule has 94 valence electrons. The first-order valence-electron chi connectivity index (χ1n) is 5.00. The first kappa shape index (κ1) is 13.3. The molecule has 1 rings (SSSR count). The lowest BCUT2D eigenvalue weighted by Gasteiger charge is -2.20. The summed E-state index contributed by atoms with van der Waals surface area (Å²) in [5.41, 5.74) is -1.60. The molecule has 0 saturated carbocycles. The fraction of sp³-hybridized carbons (Fsp3) is 0.417. The molecule has 1 N–H and O–H groups in total. The number of rotatable bonds is 4. The zero-order valence-corrected chi connectivity index (χ0v) is 10.2. The molecule has 0 aliphatic carbocycles. The number of benzene rings is 1. The summed E-state index contributed by atoms with van der Waals surface area (Å²) in [6, 6.07) is 2.61. The Bertz CT molecular complexity index is 435. The highest BCUT2D eigenvalue weighted by Gasteiger charge is 2.27. The minimum Gasteiger partial charge on any atom is -0.496 e. The van der Waals surface area contributed by atoms with Gasteiger partial charge in [0.2, 0.25) is 0 Å². The first-order valence-corrected chi connectivity index (χ1v) is 5.00. The number of carboxylic acids is 1. The van der Waals surface area contributed by atoms with Gasteiger partial charge in [-0.2, -0.15) is 0 Å². The van der Waals surface area contributed by atoms with Crippen molar-refractivity contribution < 1.29 is 23.8 Å². The standard InChI is InChI=1S/C12H15FO4/c1-12(2,13)8-5-7(11(14)15)9(16-3)6-10(8)17-4/h5-6H,1-4H3,(H,14,15). The second-order valence-electron chi connectivity index (χ2n) is 4.03. The number of ether oxygens (including phenoxy) is 2. The Morgan fingerprint density at radius 3 is 2.12 bits per heavy atom. The Kier molecular flexibility index (Phi) is 3.60. The van der Waals surface area contributed by atoms with Crippen LogP contribution in [-0.4, -0.2) is 25.3 Å². The summed E-state index contributed by atoms with van der Waals surface area (Å²) in [7, 11) is 2.74. The highest BCUT2D eigenvalue weighted by molar-refractivity contribution is 5.91. The van der Waals surface area contributed by atoms with Crippen LogP contribution in [0.25, 0.3) is 0 Å². The van der Waals surface area contributed by atoms with Gasteiger partial charge < -0.3 is 14.6 Å². The Morgan fingerprint density at radius 1 is 1.24 bits per heavy atom. The van der Waals surface area contributed by atoms with Gasteiger partial charge in [-0.25, -0.2) is 9.18 Å². The molecule has 0 aliphatic heterocycles. The van der Waals surface area contributed by atoms with Crippen LogP contribution < -0.4 is 9.47 Å². The van der Waals surface area contributed by atoms with Gasteiger partial charge in [-0.3, -0.25) is 0 Å². The Balaban J connectivity index is 3.50. The van der Waals surface area contributed by atoms with Crippen LogP contribution in [0.1, 0.15) is 29.8 Å². The Labute approximate surface area is 99.0 Å². The summed E-state index contributed by atoms with van der Waals surface area (Å²) < 4.78 is 23.9. The quantitative estimate of drug-likeness (QED) is 0.881. The molecular weight excluding hydrogens is 227 g/mol. The van der Waals surface area contributed by atoms with Crippen molar-refractivity contribution in [2.24, 2.45) is 0 Å². The largest absolute Gasteiger partial charge is 0.496 e. The van der Waals surface area contributed by atoms with Crippen molar-refractivity contribution in [1.29, 1.82) is 0 Å². The summed E-state index contributed by atoms with van der Waals surface area (Å²) in [6.45, 7) is 2.67. The summed E-state index contributed by atoms with van der Waals surface area (Å²) in [5, 5.41) is 9.01. The van der Waals surface area contributed by atoms with E-state index in [2.05, 4.69) is 0 Å². The average molecular weight is 242 g/mol. The fourth-order valence-corrected chi connectivity index (χ4v) is 1.53. The van der Waals surface area contributed by atoms with Gasteiger partial charge in [-0.1, -0.05) is 0 Å². The van der Waals surface area contributed by atoms with Gasteiger partial charge in [0, 0.05) is 11.6 Å². The monoisotopic (exact) mass is 242 g/mol. The molecule has 5 heteroatoms. The molecule has 17 heavy (non-hydrogen) atoms. The number of hydrogen-bond donors (Lipinski definition) is 1. The van der Waals surface area contributed by atoms with Crippen molar-refractivity contribution in [2.75, 3.05) is 14.2 Å². The number of aromatic carboxylic acids is 1. The molecule has 0 bridgehead atoms. The zero-order chi connectivity index (χ0) is 13.2. The number of methoxy groups -OCH3 is 2. The lowest BCUT2D eigenvalue weighted by atomic mass is 9.96. The van der Waals surface area contributed by atoms with Crippen LogP contribution in [-0.2, 0) is 5.67 Å². The molecular formula is C12H15FO4. The molecule has 0 heterocycles. The predicted octanol–water partition coefficient (Wildman–Crippen LogP) is 2.61. The van der Waals surface area contributed by atoms with E-state index in [1.54, 1.807) is 0 Å². The van der Waals surface area contributed by atoms with Crippen LogP contribution in [0, 0.1) is 0 Å². The van der Waals surface area contributed by atoms with Crippen molar-refractivity contribution in [3.63, 3.8) is 0 Å². The van der Waals surface area contributed by atoms with E-state index in [0.717, 1.165) is 0 Å². The highest BCUT2D eigenvalue weighted by atomic mass is 19.1. The van der Waals surface area contributed by atoms with Crippen molar-refractivity contribution in [2.45, 2.75) is 19.5 Å². The van der Waals surface area contributed by atoms with Crippen molar-refractivity contribution >= 4 is 5.97 Å². The summed E-state index contributed by atoms with van der Waals surface area (Å²) in [5.74, 6) is -0.767. The third-order valence-corrected chi connectivity index (χ3v) is 2.39. The second-order valence-corrected chi connectivity index (χ2v) is 4.03. The van der Waals surface area contributed by atoms with E-state index in [1.807, 2.05) is 0 Å². The van der Waals surface area contributed by atoms with E-state index in [9.17, 15) is 9.18 Å². The smallest absolute Gasteiger partial charge is 0.339 e. The predicted molar refractivity (Wildman–Crippen MR) is 60.6 cm³/mol. The summed E-state index contributed by atoms with van der Waals surface area (Å²) in [6.07, 6.45) is 0. The van der Waals surface area contributed by atoms with E-state index >= 15 is 0 Å². The number of hydrogen-bond acceptors (Lipinski definition) is 3. The van der Waals surface area contributed by atoms with Gasteiger partial charge in [-0.15, -0.1) is 0 Å². The first-order chi connectivity index (χ1) is 7.81. The number of carboxylic acid groups (broad SMARTS) is 1. The molecule has 1 aromatic carbocycles. The lowest BCUT2D eigenvalue weighted by molar-refractivity contribution is 0.0693. The minimum atomic E-state index is -1.69. The molecule has 0 aromatic heterocycles. The summed E-state index contributed by atoms with van der Waals surface area (Å²) >= 11 is 0. The Morgan fingerprint density at radius 2 is 1.76 bits per heavy atom. The molecule has 0 spiro atoms. The normalized spacial score (nSPS) is 11.1. The van der Waals surface area contributed by atoms with Crippen molar-refractivity contribution in [3.8, 4) is 11.5 Å². The van der Waals surface area contributed by atoms with E-state index in [4.69, 9.17) is 14.6 Å². The lowest BCUT2D eigenvalue weighted by Crippen LogP contribution is -2.13. The molecule has 1 aromatic rings. The minimum absolute atomic E-state index is 0.0889. The fourth-order valence-electron chi connectivity index (χ4n) is 1.53. The number of alkyl halides is 1. The van der Waals surface area contributed by atoms with Gasteiger partial charge in [-0.05, 0) is 19.9 Å². The second kappa shape index (κ2) is 4.61. The third kappa shape index (κ3) is 2.67. The molecule has 0 fully saturated rings. The highest BCUT2D eigenvalue weighted by Crippen LogP contribution is 2.37. The van der Waals surface area contributed by atoms with Crippen LogP contribution >= 0.6 is 0 Å². The van der Waals surface area contributed by atoms with Crippen LogP contribution in [0.4, 0.5) is 4.39 Å². The van der Waals surface area contributed by atoms with Gasteiger partial charge in [0.05, 0.1) is 14.2 Å². The summed E-state index contributed by atoms with van der Waals surface area (Å²) in [4.78, 5) is 11.0. The Hall–Kier alpha value is -1.78. The maximum atomic E-state index is 13.9. The van der Waals surface area contributed by atoms with Gasteiger partial charge in [0.15, 0.2) is 0 Å². The molecule has 0 aliphatic rings. The van der Waals surface area contributed by atoms with Gasteiger partial charge >= 0.3 is 5.97 Å². The van der Waals surface area contributed by atoms with Crippen LogP contribution in [0.5, 0.6) is 11.5 Å². The average Bonchev–Trinajstić information content (AvgIpc) is 2.25. The zero-order valence-electron chi connectivity index (χ0n) is 10.2. The van der Waals surface area contributed by atoms with E-state index in [1.165, 1.54) is 40.2 Å². The number of halogens is 1. The molecule has 0 unspecified atom stereocenters. The molecule has 0 saturated heterocycles. The van der Waals surface area contributed by atoms with Crippen LogP contribution in [0.2, 0.25) is 0 Å². The molecule has 0 radical (unpaired) electrons. The number of carbonyl (C=O) groups is 1. The van der Waals surface area contributed by atoms with Gasteiger partial charge in [0.25, 0.3) is 0 Å². The maximum Gasteiger partial charge on any atom is 0.339 e. The van der Waals surface area contributed by atoms with E-state index in [-0.39, 0.29) is 22.6 Å². The van der Waals surface area contributed by atoms with Gasteiger partial charge in [0.1, 0.15) is 22.7 Å².